The number of nitrogens with one attached hydrogen (secondary N) is 1. The van der Waals surface area contributed by atoms with Crippen molar-refractivity contribution in [1.29, 1.82) is 5.26 Å². The third kappa shape index (κ3) is 2.91. The molecule has 112 valence electrons. The average Bonchev–Trinajstić information content (AvgIpc) is 2.86. The lowest BCUT2D eigenvalue weighted by molar-refractivity contribution is -0.424. The number of allylic oxidation sites excluding steroid dienone is 2. The van der Waals surface area contributed by atoms with E-state index in [2.05, 4.69) is 10.2 Å². The molecule has 0 fully saturated rings. The Kier molecular flexibility index (Phi) is 4.43. The predicted molar refractivity (Wildman–Crippen MR) is 80.1 cm³/mol. The first-order chi connectivity index (χ1) is 10.5. The van der Waals surface area contributed by atoms with Crippen molar-refractivity contribution < 1.29 is 4.92 Å². The minimum Gasteiger partial charge on any atom is -0.259 e. The summed E-state index contributed by atoms with van der Waals surface area (Å²) in [6, 6.07) is 8.56. The van der Waals surface area contributed by atoms with E-state index in [1.54, 1.807) is 31.2 Å². The van der Waals surface area contributed by atoms with Crippen LogP contribution in [0, 0.1) is 21.4 Å². The Labute approximate surface area is 129 Å². The van der Waals surface area contributed by atoms with Gasteiger partial charge >= 0.3 is 5.69 Å². The summed E-state index contributed by atoms with van der Waals surface area (Å²) >= 11 is 0.991. The average molecular weight is 317 g/mol. The Bertz CT molecular complexity index is 859. The highest BCUT2D eigenvalue weighted by Gasteiger charge is 2.17. The van der Waals surface area contributed by atoms with Gasteiger partial charge in [-0.3, -0.25) is 10.1 Å². The number of hydrogen-bond donors (Lipinski definition) is 1. The number of thioether (sulfide) groups is 1. The molecule has 0 unspecified atom stereocenters. The number of para-hydroxylation sites is 1. The summed E-state index contributed by atoms with van der Waals surface area (Å²) in [7, 11) is 0. The minimum atomic E-state index is -0.517. The van der Waals surface area contributed by atoms with Crippen molar-refractivity contribution in [1.82, 2.24) is 14.8 Å². The van der Waals surface area contributed by atoms with Crippen LogP contribution in [-0.2, 0) is 0 Å². The molecule has 0 atom stereocenters. The summed E-state index contributed by atoms with van der Waals surface area (Å²) in [5.74, 6) is 0. The zero-order valence-electron chi connectivity index (χ0n) is 11.7. The van der Waals surface area contributed by atoms with Crippen LogP contribution in [0.1, 0.15) is 19.4 Å². The van der Waals surface area contributed by atoms with E-state index >= 15 is 0 Å². The van der Waals surface area contributed by atoms with E-state index in [0.29, 0.717) is 16.2 Å². The van der Waals surface area contributed by atoms with Crippen molar-refractivity contribution in [3.05, 3.63) is 61.0 Å². The van der Waals surface area contributed by atoms with Gasteiger partial charge < -0.3 is 0 Å². The molecule has 0 amide bonds. The number of aromatic nitrogens is 3. The summed E-state index contributed by atoms with van der Waals surface area (Å²) in [5.41, 5.74) is 0.135. The van der Waals surface area contributed by atoms with E-state index in [-0.39, 0.29) is 10.9 Å². The Morgan fingerprint density at radius 2 is 2.14 bits per heavy atom. The molecule has 0 radical (unpaired) electrons. The summed E-state index contributed by atoms with van der Waals surface area (Å²) in [4.78, 5) is 22.7. The van der Waals surface area contributed by atoms with Crippen molar-refractivity contribution in [2.24, 2.45) is 0 Å². The molecule has 2 aromatic rings. The fourth-order valence-corrected chi connectivity index (χ4v) is 2.53. The molecule has 0 bridgehead atoms. The predicted octanol–water partition coefficient (Wildman–Crippen LogP) is 2.05. The van der Waals surface area contributed by atoms with Crippen LogP contribution in [0.5, 0.6) is 0 Å². The van der Waals surface area contributed by atoms with Crippen molar-refractivity contribution in [3.63, 3.8) is 0 Å². The number of aromatic amines is 1. The Morgan fingerprint density at radius 1 is 1.45 bits per heavy atom. The molecule has 0 spiro atoms. The van der Waals surface area contributed by atoms with E-state index in [4.69, 9.17) is 5.26 Å². The summed E-state index contributed by atoms with van der Waals surface area (Å²) in [6.07, 6.45) is 0. The summed E-state index contributed by atoms with van der Waals surface area (Å²) < 4.78 is 1.22. The quantitative estimate of drug-likeness (QED) is 0.524. The van der Waals surface area contributed by atoms with Gasteiger partial charge in [0.05, 0.1) is 21.1 Å². The van der Waals surface area contributed by atoms with Crippen molar-refractivity contribution >= 4 is 11.8 Å². The van der Waals surface area contributed by atoms with Gasteiger partial charge in [0.2, 0.25) is 5.16 Å². The second-order valence-electron chi connectivity index (χ2n) is 4.28. The molecule has 9 heteroatoms. The molecule has 0 aliphatic rings. The largest absolute Gasteiger partial charge is 0.348 e. The fraction of sp³-hybridized carbons (Fsp3) is 0.154. The van der Waals surface area contributed by atoms with Crippen molar-refractivity contribution in [2.45, 2.75) is 19.0 Å². The number of nitriles is 1. The molecule has 8 nitrogen and oxygen atoms in total. The highest BCUT2D eigenvalue weighted by molar-refractivity contribution is 8.02. The first kappa shape index (κ1) is 15.5. The first-order valence-corrected chi connectivity index (χ1v) is 6.94. The highest BCUT2D eigenvalue weighted by atomic mass is 32.2. The van der Waals surface area contributed by atoms with E-state index in [0.717, 1.165) is 11.8 Å². The van der Waals surface area contributed by atoms with Crippen LogP contribution in [-0.4, -0.2) is 19.7 Å². The fourth-order valence-electron chi connectivity index (χ4n) is 1.67. The molecule has 0 saturated heterocycles. The molecule has 1 aromatic carbocycles. The molecule has 1 aromatic heterocycles. The second-order valence-corrected chi connectivity index (χ2v) is 5.46. The zero-order chi connectivity index (χ0) is 16.3. The molecular weight excluding hydrogens is 306 g/mol. The number of H-pyrrole nitrogens is 1. The van der Waals surface area contributed by atoms with Gasteiger partial charge in [-0.15, -0.1) is 5.10 Å². The lowest BCUT2D eigenvalue weighted by atomic mass is 10.2. The van der Waals surface area contributed by atoms with Crippen LogP contribution < -0.4 is 5.69 Å². The van der Waals surface area contributed by atoms with Crippen LogP contribution in [0.2, 0.25) is 0 Å². The molecule has 0 saturated carbocycles. The normalized spacial score (nSPS) is 11.7. The Morgan fingerprint density at radius 3 is 2.77 bits per heavy atom. The summed E-state index contributed by atoms with van der Waals surface area (Å²) in [6.45, 7) is 2.95. The van der Waals surface area contributed by atoms with Gasteiger partial charge in [0.15, 0.2) is 0 Å². The van der Waals surface area contributed by atoms with Crippen LogP contribution in [0.15, 0.2) is 44.8 Å². The van der Waals surface area contributed by atoms with E-state index in [1.807, 2.05) is 6.07 Å². The van der Waals surface area contributed by atoms with Gasteiger partial charge in [0, 0.05) is 6.92 Å². The van der Waals surface area contributed by atoms with Gasteiger partial charge in [-0.25, -0.2) is 14.5 Å². The second kappa shape index (κ2) is 6.28. The lowest BCUT2D eigenvalue weighted by Gasteiger charge is -2.07. The van der Waals surface area contributed by atoms with Crippen LogP contribution in [0.4, 0.5) is 0 Å². The maximum atomic E-state index is 12.0. The molecule has 22 heavy (non-hydrogen) atoms. The first-order valence-electron chi connectivity index (χ1n) is 6.12. The number of benzene rings is 1. The maximum absolute atomic E-state index is 12.0. The topological polar surface area (TPSA) is 118 Å². The monoisotopic (exact) mass is 317 g/mol. The SMILES string of the molecule is C/C(Sc1n[nH]c(=O)n1-c1ccccc1C#N)=C(\C)[N+](=O)[O-]. The Hall–Kier alpha value is -2.86. The number of nitrogens with zero attached hydrogens (tertiary/aromatic N) is 4. The lowest BCUT2D eigenvalue weighted by Crippen LogP contribution is -2.16. The molecule has 0 aliphatic carbocycles. The minimum absolute atomic E-state index is 0.0273. The number of hydrogen-bond acceptors (Lipinski definition) is 6. The van der Waals surface area contributed by atoms with Crippen LogP contribution >= 0.6 is 11.8 Å². The third-order valence-corrected chi connectivity index (χ3v) is 3.99. The molecule has 0 aliphatic heterocycles. The molecule has 1 N–H and O–H groups in total. The van der Waals surface area contributed by atoms with E-state index in [1.165, 1.54) is 11.5 Å². The van der Waals surface area contributed by atoms with Gasteiger partial charge in [0.1, 0.15) is 6.07 Å². The van der Waals surface area contributed by atoms with E-state index < -0.39 is 10.6 Å². The smallest absolute Gasteiger partial charge is 0.259 e. The van der Waals surface area contributed by atoms with Gasteiger partial charge in [-0.1, -0.05) is 12.1 Å². The number of rotatable bonds is 4. The maximum Gasteiger partial charge on any atom is 0.348 e. The van der Waals surface area contributed by atoms with Crippen LogP contribution in [0.3, 0.4) is 0 Å². The van der Waals surface area contributed by atoms with E-state index in [9.17, 15) is 14.9 Å². The standard InChI is InChI=1S/C13H11N5O3S/c1-8(18(20)21)9(2)22-13-16-15-12(19)17(13)11-6-4-3-5-10(11)7-14/h3-6H,1-2H3,(H,15,19)/b9-8-. The highest BCUT2D eigenvalue weighted by Crippen LogP contribution is 2.28. The summed E-state index contributed by atoms with van der Waals surface area (Å²) in [5, 5.41) is 26.3. The third-order valence-electron chi connectivity index (χ3n) is 2.93. The van der Waals surface area contributed by atoms with Crippen molar-refractivity contribution in [3.8, 4) is 11.8 Å². The zero-order valence-corrected chi connectivity index (χ0v) is 12.5. The number of nitro groups is 1. The molecule has 2 rings (SSSR count). The van der Waals surface area contributed by atoms with Crippen LogP contribution in [0.25, 0.3) is 5.69 Å². The molecule has 1 heterocycles. The Balaban J connectivity index is 2.55. The van der Waals surface area contributed by atoms with Gasteiger partial charge in [-0.2, -0.15) is 5.26 Å². The van der Waals surface area contributed by atoms with Gasteiger partial charge in [-0.05, 0) is 30.8 Å². The van der Waals surface area contributed by atoms with Crippen molar-refractivity contribution in [2.75, 3.05) is 0 Å². The molecular formula is C13H11N5O3S. The van der Waals surface area contributed by atoms with Gasteiger partial charge in [0.25, 0.3) is 5.70 Å².